The Bertz CT molecular complexity index is 549. The molecule has 18 heavy (non-hydrogen) atoms. The fraction of sp³-hybridized carbons (Fsp3) is 0.500. The second-order valence-corrected chi connectivity index (χ2v) is 5.41. The molecule has 0 N–H and O–H groups in total. The van der Waals surface area contributed by atoms with Gasteiger partial charge in [-0.15, -0.1) is 0 Å². The number of pyridine rings is 1. The van der Waals surface area contributed by atoms with Gasteiger partial charge < -0.3 is 9.30 Å². The van der Waals surface area contributed by atoms with Crippen molar-refractivity contribution in [1.82, 2.24) is 14.3 Å². The van der Waals surface area contributed by atoms with Crippen molar-refractivity contribution in [2.24, 2.45) is 0 Å². The van der Waals surface area contributed by atoms with Gasteiger partial charge >= 0.3 is 0 Å². The number of nitrogens with zero attached hydrogens (tertiary/aromatic N) is 3. The molecule has 0 saturated carbocycles. The summed E-state index contributed by atoms with van der Waals surface area (Å²) in [5.41, 5.74) is 2.11. The normalized spacial score (nSPS) is 20.9. The molecule has 0 spiro atoms. The van der Waals surface area contributed by atoms with Gasteiger partial charge in [0.25, 0.3) is 0 Å². The zero-order chi connectivity index (χ0) is 12.5. The lowest BCUT2D eigenvalue weighted by molar-refractivity contribution is 0.265. The van der Waals surface area contributed by atoms with Crippen molar-refractivity contribution in [3.05, 3.63) is 35.2 Å². The standard InChI is InChI=1S/C14H18ClN3/c1-2-17-6-3-4-13(17)9-12-10-18-7-5-11(15)8-14(18)16-12/h5,7-8,10,13H,2-4,6,9H2,1H3. The molecule has 0 radical (unpaired) electrons. The van der Waals surface area contributed by atoms with Crippen LogP contribution in [0, 0.1) is 0 Å². The molecule has 1 atom stereocenters. The van der Waals surface area contributed by atoms with Crippen molar-refractivity contribution in [2.45, 2.75) is 32.2 Å². The number of aromatic nitrogens is 2. The number of imidazole rings is 1. The number of rotatable bonds is 3. The molecular weight excluding hydrogens is 246 g/mol. The van der Waals surface area contributed by atoms with Crippen molar-refractivity contribution >= 4 is 17.2 Å². The first kappa shape index (κ1) is 12.0. The molecule has 0 bridgehead atoms. The van der Waals surface area contributed by atoms with E-state index in [9.17, 15) is 0 Å². The molecule has 1 saturated heterocycles. The number of hydrogen-bond acceptors (Lipinski definition) is 2. The maximum absolute atomic E-state index is 5.98. The third-order valence-electron chi connectivity index (χ3n) is 3.82. The maximum Gasteiger partial charge on any atom is 0.138 e. The Labute approximate surface area is 112 Å². The van der Waals surface area contributed by atoms with Crippen molar-refractivity contribution < 1.29 is 0 Å². The van der Waals surface area contributed by atoms with Crippen LogP contribution in [-0.2, 0) is 6.42 Å². The summed E-state index contributed by atoms with van der Waals surface area (Å²) in [6, 6.07) is 4.47. The minimum atomic E-state index is 0.662. The summed E-state index contributed by atoms with van der Waals surface area (Å²) in [6.07, 6.45) is 7.76. The lowest BCUT2D eigenvalue weighted by Gasteiger charge is -2.21. The zero-order valence-corrected chi connectivity index (χ0v) is 11.4. The first-order chi connectivity index (χ1) is 8.76. The molecule has 0 amide bonds. The van der Waals surface area contributed by atoms with E-state index in [4.69, 9.17) is 11.6 Å². The molecule has 1 aliphatic rings. The van der Waals surface area contributed by atoms with Gasteiger partial charge in [-0.25, -0.2) is 4.98 Å². The molecule has 1 unspecified atom stereocenters. The fourth-order valence-electron chi connectivity index (χ4n) is 2.89. The SMILES string of the molecule is CCN1CCCC1Cc1cn2ccc(Cl)cc2n1. The van der Waals surface area contributed by atoms with E-state index < -0.39 is 0 Å². The van der Waals surface area contributed by atoms with Crippen LogP contribution in [0.1, 0.15) is 25.5 Å². The van der Waals surface area contributed by atoms with Gasteiger partial charge in [0, 0.05) is 29.9 Å². The number of likely N-dealkylation sites (N-methyl/N-ethyl adjacent to an activating group) is 1. The summed E-state index contributed by atoms with van der Waals surface area (Å²) in [5.74, 6) is 0. The lowest BCUT2D eigenvalue weighted by atomic mass is 10.1. The zero-order valence-electron chi connectivity index (χ0n) is 10.6. The van der Waals surface area contributed by atoms with Gasteiger partial charge in [-0.1, -0.05) is 18.5 Å². The predicted octanol–water partition coefficient (Wildman–Crippen LogP) is 3.01. The van der Waals surface area contributed by atoms with E-state index in [1.54, 1.807) is 0 Å². The predicted molar refractivity (Wildman–Crippen MR) is 74.2 cm³/mol. The summed E-state index contributed by atoms with van der Waals surface area (Å²) >= 11 is 5.98. The summed E-state index contributed by atoms with van der Waals surface area (Å²) < 4.78 is 2.05. The van der Waals surface area contributed by atoms with Crippen molar-refractivity contribution in [3.8, 4) is 0 Å². The van der Waals surface area contributed by atoms with E-state index in [0.29, 0.717) is 6.04 Å². The quantitative estimate of drug-likeness (QED) is 0.849. The number of hydrogen-bond donors (Lipinski definition) is 0. The van der Waals surface area contributed by atoms with E-state index in [0.717, 1.165) is 23.6 Å². The Morgan fingerprint density at radius 3 is 3.22 bits per heavy atom. The number of likely N-dealkylation sites (tertiary alicyclic amines) is 1. The summed E-state index contributed by atoms with van der Waals surface area (Å²) in [5, 5.41) is 0.746. The molecule has 3 nitrogen and oxygen atoms in total. The Morgan fingerprint density at radius 1 is 1.50 bits per heavy atom. The van der Waals surface area contributed by atoms with Crippen LogP contribution in [0.4, 0.5) is 0 Å². The summed E-state index contributed by atoms with van der Waals surface area (Å²) in [4.78, 5) is 7.21. The summed E-state index contributed by atoms with van der Waals surface area (Å²) in [7, 11) is 0. The van der Waals surface area contributed by atoms with E-state index in [1.165, 1.54) is 25.1 Å². The second kappa shape index (κ2) is 4.90. The molecule has 4 heteroatoms. The van der Waals surface area contributed by atoms with E-state index in [2.05, 4.69) is 23.0 Å². The van der Waals surface area contributed by atoms with Gasteiger partial charge in [0.15, 0.2) is 0 Å². The Balaban J connectivity index is 1.82. The average Bonchev–Trinajstić information content (AvgIpc) is 2.94. The molecule has 2 aromatic rings. The topological polar surface area (TPSA) is 20.5 Å². The van der Waals surface area contributed by atoms with Gasteiger partial charge in [-0.05, 0) is 38.1 Å². The van der Waals surface area contributed by atoms with Crippen LogP contribution in [0.2, 0.25) is 5.02 Å². The Morgan fingerprint density at radius 2 is 2.39 bits per heavy atom. The highest BCUT2D eigenvalue weighted by atomic mass is 35.5. The minimum Gasteiger partial charge on any atom is -0.307 e. The smallest absolute Gasteiger partial charge is 0.138 e. The molecule has 96 valence electrons. The van der Waals surface area contributed by atoms with Crippen molar-refractivity contribution in [2.75, 3.05) is 13.1 Å². The van der Waals surface area contributed by atoms with Crippen molar-refractivity contribution in [1.29, 1.82) is 0 Å². The van der Waals surface area contributed by atoms with Crippen LogP contribution in [0.15, 0.2) is 24.5 Å². The molecule has 0 aliphatic carbocycles. The van der Waals surface area contributed by atoms with Crippen LogP contribution >= 0.6 is 11.6 Å². The van der Waals surface area contributed by atoms with Crippen LogP contribution in [0.3, 0.4) is 0 Å². The van der Waals surface area contributed by atoms with Crippen LogP contribution in [0.5, 0.6) is 0 Å². The molecule has 3 rings (SSSR count). The Hall–Kier alpha value is -1.06. The average molecular weight is 264 g/mol. The molecule has 2 aromatic heterocycles. The molecule has 3 heterocycles. The van der Waals surface area contributed by atoms with Gasteiger partial charge in [-0.2, -0.15) is 0 Å². The third-order valence-corrected chi connectivity index (χ3v) is 4.06. The third kappa shape index (κ3) is 2.25. The molecular formula is C14H18ClN3. The van der Waals surface area contributed by atoms with E-state index >= 15 is 0 Å². The molecule has 1 fully saturated rings. The fourth-order valence-corrected chi connectivity index (χ4v) is 3.05. The summed E-state index contributed by atoms with van der Waals surface area (Å²) in [6.45, 7) is 4.62. The monoisotopic (exact) mass is 263 g/mol. The van der Waals surface area contributed by atoms with Gasteiger partial charge in [0.2, 0.25) is 0 Å². The molecule has 1 aliphatic heterocycles. The van der Waals surface area contributed by atoms with Crippen LogP contribution in [0.25, 0.3) is 5.65 Å². The van der Waals surface area contributed by atoms with Crippen LogP contribution < -0.4 is 0 Å². The Kier molecular flexibility index (Phi) is 3.27. The number of fused-ring (bicyclic) bond motifs is 1. The largest absolute Gasteiger partial charge is 0.307 e. The highest BCUT2D eigenvalue weighted by molar-refractivity contribution is 6.30. The second-order valence-electron chi connectivity index (χ2n) is 4.97. The van der Waals surface area contributed by atoms with Gasteiger partial charge in [0.05, 0.1) is 5.69 Å². The highest BCUT2D eigenvalue weighted by Gasteiger charge is 2.23. The highest BCUT2D eigenvalue weighted by Crippen LogP contribution is 2.21. The maximum atomic E-state index is 5.98. The first-order valence-electron chi connectivity index (χ1n) is 6.63. The van der Waals surface area contributed by atoms with Crippen molar-refractivity contribution in [3.63, 3.8) is 0 Å². The van der Waals surface area contributed by atoms with Gasteiger partial charge in [0.1, 0.15) is 5.65 Å². The minimum absolute atomic E-state index is 0.662. The number of halogens is 1. The van der Waals surface area contributed by atoms with Crippen LogP contribution in [-0.4, -0.2) is 33.4 Å². The van der Waals surface area contributed by atoms with E-state index in [1.807, 2.05) is 22.7 Å². The lowest BCUT2D eigenvalue weighted by Crippen LogP contribution is -2.30. The molecule has 0 aromatic carbocycles. The van der Waals surface area contributed by atoms with Gasteiger partial charge in [-0.3, -0.25) is 0 Å². The van der Waals surface area contributed by atoms with E-state index in [-0.39, 0.29) is 0 Å². The first-order valence-corrected chi connectivity index (χ1v) is 7.01.